The van der Waals surface area contributed by atoms with Crippen LogP contribution in [0.15, 0.2) is 46.4 Å². The van der Waals surface area contributed by atoms with E-state index in [2.05, 4.69) is 48.8 Å². The summed E-state index contributed by atoms with van der Waals surface area (Å²) in [5.74, 6) is -0.0172. The molecule has 11 heteroatoms. The maximum atomic E-state index is 12.3. The average molecular weight is 485 g/mol. The van der Waals surface area contributed by atoms with Crippen LogP contribution in [0.1, 0.15) is 32.6 Å². The molecule has 1 aromatic carbocycles. The van der Waals surface area contributed by atoms with Crippen LogP contribution in [0.2, 0.25) is 18.1 Å². The topological polar surface area (TPSA) is 141 Å². The fourth-order valence-electron chi connectivity index (χ4n) is 3.76. The molecule has 4 rings (SSSR count). The fraction of sp³-hybridized carbons (Fsp3) is 0.478. The van der Waals surface area contributed by atoms with Crippen molar-refractivity contribution in [3.63, 3.8) is 0 Å². The summed E-state index contributed by atoms with van der Waals surface area (Å²) in [6.07, 6.45) is 1.40. The first-order valence-corrected chi connectivity index (χ1v) is 14.2. The van der Waals surface area contributed by atoms with Gasteiger partial charge in [-0.2, -0.15) is 4.98 Å². The third kappa shape index (κ3) is 4.56. The number of H-pyrrole nitrogens is 1. The average Bonchev–Trinajstić information content (AvgIpc) is 3.33. The molecule has 0 bridgehead atoms. The van der Waals surface area contributed by atoms with E-state index in [1.165, 1.54) is 6.33 Å². The molecule has 1 saturated heterocycles. The van der Waals surface area contributed by atoms with Gasteiger partial charge in [-0.1, -0.05) is 51.1 Å². The Morgan fingerprint density at radius 1 is 1.32 bits per heavy atom. The number of aliphatic hydroxyl groups excluding tert-OH is 1. The molecule has 0 spiro atoms. The fourth-order valence-corrected chi connectivity index (χ4v) is 5.05. The first-order valence-electron chi connectivity index (χ1n) is 11.3. The summed E-state index contributed by atoms with van der Waals surface area (Å²) in [7, 11) is -2.29. The Morgan fingerprint density at radius 3 is 2.68 bits per heavy atom. The number of hydrogen-bond donors (Lipinski definition) is 3. The highest BCUT2D eigenvalue weighted by atomic mass is 28.4. The minimum absolute atomic E-state index is 0.0172. The van der Waals surface area contributed by atoms with Crippen molar-refractivity contribution in [1.82, 2.24) is 19.5 Å². The van der Waals surface area contributed by atoms with Crippen LogP contribution in [0.3, 0.4) is 0 Å². The van der Waals surface area contributed by atoms with E-state index in [-0.39, 0.29) is 23.1 Å². The Balaban J connectivity index is 1.80. The van der Waals surface area contributed by atoms with Crippen LogP contribution in [0.5, 0.6) is 0 Å². The molecule has 3 heterocycles. The van der Waals surface area contributed by atoms with Gasteiger partial charge in [0.05, 0.1) is 12.9 Å². The van der Waals surface area contributed by atoms with E-state index in [0.717, 1.165) is 5.56 Å². The lowest BCUT2D eigenvalue weighted by molar-refractivity contribution is -0.0462. The number of aromatic amines is 1. The van der Waals surface area contributed by atoms with E-state index in [9.17, 15) is 9.90 Å². The maximum absolute atomic E-state index is 12.3. The van der Waals surface area contributed by atoms with Gasteiger partial charge in [-0.05, 0) is 23.7 Å². The highest BCUT2D eigenvalue weighted by Gasteiger charge is 2.51. The van der Waals surface area contributed by atoms with Crippen LogP contribution < -0.4 is 11.3 Å². The van der Waals surface area contributed by atoms with E-state index in [1.807, 2.05) is 30.3 Å². The molecule has 0 amide bonds. The van der Waals surface area contributed by atoms with E-state index in [0.29, 0.717) is 5.65 Å². The Labute approximate surface area is 199 Å². The van der Waals surface area contributed by atoms with Crippen LogP contribution in [0.25, 0.3) is 11.2 Å². The number of fused-ring (bicyclic) bond motifs is 1. The number of benzene rings is 1. The van der Waals surface area contributed by atoms with Gasteiger partial charge in [0.25, 0.3) is 5.56 Å². The lowest BCUT2D eigenvalue weighted by Crippen LogP contribution is -2.48. The van der Waals surface area contributed by atoms with Crippen molar-refractivity contribution in [2.24, 2.45) is 4.99 Å². The number of imidazole rings is 1. The smallest absolute Gasteiger partial charge is 0.280 e. The summed E-state index contributed by atoms with van der Waals surface area (Å²) in [5, 5.41) is 10.1. The molecule has 1 aliphatic rings. The van der Waals surface area contributed by atoms with Crippen molar-refractivity contribution >= 4 is 31.6 Å². The summed E-state index contributed by atoms with van der Waals surface area (Å²) in [6.45, 7) is 10.5. The molecule has 1 fully saturated rings. The summed E-state index contributed by atoms with van der Waals surface area (Å²) in [6, 6.07) is 9.24. The molecule has 1 aliphatic heterocycles. The zero-order valence-corrected chi connectivity index (χ0v) is 21.1. The lowest BCUT2D eigenvalue weighted by Gasteiger charge is -2.40. The van der Waals surface area contributed by atoms with Gasteiger partial charge in [0.1, 0.15) is 18.2 Å². The van der Waals surface area contributed by atoms with Crippen LogP contribution in [-0.4, -0.2) is 64.0 Å². The van der Waals surface area contributed by atoms with Crippen LogP contribution in [0.4, 0.5) is 5.95 Å². The number of anilines is 1. The molecule has 4 atom stereocenters. The molecule has 0 saturated carbocycles. The molecule has 2 aromatic heterocycles. The van der Waals surface area contributed by atoms with E-state index in [1.54, 1.807) is 10.8 Å². The van der Waals surface area contributed by atoms with Crippen molar-refractivity contribution in [2.75, 3.05) is 12.3 Å². The summed E-state index contributed by atoms with van der Waals surface area (Å²) in [4.78, 5) is 28.1. The predicted molar refractivity (Wildman–Crippen MR) is 133 cm³/mol. The molecule has 0 radical (unpaired) electrons. The Bertz CT molecular complexity index is 1230. The van der Waals surface area contributed by atoms with Gasteiger partial charge in [0, 0.05) is 6.21 Å². The standard InChI is InChI=1S/C23H32N6O4Si/c1-23(2,3)34(4,5)33-18-16(25-11-14-9-7-6-8-10-14)15(12-30)32-21(18)29-13-26-17-19(29)27-22(24)28-20(17)31/h6-11,13,15-16,18,21,30H,12H2,1-5H3,(H3,24,27,28,31)/t15-,16-,18-,21-/m1/s1. The number of hydrogen-bond acceptors (Lipinski definition) is 8. The molecular formula is C23H32N6O4Si. The number of rotatable bonds is 6. The van der Waals surface area contributed by atoms with E-state index < -0.39 is 38.4 Å². The predicted octanol–water partition coefficient (Wildman–Crippen LogP) is 2.47. The number of nitrogen functional groups attached to an aromatic ring is 1. The van der Waals surface area contributed by atoms with Gasteiger partial charge in [-0.25, -0.2) is 4.98 Å². The number of aromatic nitrogens is 4. The van der Waals surface area contributed by atoms with Gasteiger partial charge in [-0.3, -0.25) is 19.3 Å². The minimum Gasteiger partial charge on any atom is -0.407 e. The summed E-state index contributed by atoms with van der Waals surface area (Å²) < 4.78 is 14.8. The zero-order chi connectivity index (χ0) is 24.7. The first-order chi connectivity index (χ1) is 16.0. The molecule has 10 nitrogen and oxygen atoms in total. The first kappa shape index (κ1) is 24.3. The van der Waals surface area contributed by atoms with Crippen LogP contribution in [-0.2, 0) is 9.16 Å². The highest BCUT2D eigenvalue weighted by Crippen LogP contribution is 2.43. The third-order valence-electron chi connectivity index (χ3n) is 6.65. The maximum Gasteiger partial charge on any atom is 0.280 e. The SMILES string of the molecule is CC(C)(C)[Si](C)(C)O[C@@H]1[C@H](N=Cc2ccccc2)[C@@H](CO)O[C@H]1n1cnc2c(=O)[nH]c(N)nc21. The van der Waals surface area contributed by atoms with Crippen molar-refractivity contribution in [2.45, 2.75) is 63.4 Å². The van der Waals surface area contributed by atoms with E-state index >= 15 is 0 Å². The Kier molecular flexibility index (Phi) is 6.47. The third-order valence-corrected chi connectivity index (χ3v) is 11.1. The molecule has 0 unspecified atom stereocenters. The molecule has 182 valence electrons. The molecular weight excluding hydrogens is 452 g/mol. The quantitative estimate of drug-likeness (QED) is 0.360. The number of aliphatic hydroxyl groups is 1. The number of ether oxygens (including phenoxy) is 1. The number of nitrogens with zero attached hydrogens (tertiary/aromatic N) is 4. The largest absolute Gasteiger partial charge is 0.407 e. The monoisotopic (exact) mass is 484 g/mol. The van der Waals surface area contributed by atoms with Crippen molar-refractivity contribution in [3.8, 4) is 0 Å². The van der Waals surface area contributed by atoms with Gasteiger partial charge in [0.2, 0.25) is 5.95 Å². The van der Waals surface area contributed by atoms with Crippen molar-refractivity contribution in [1.29, 1.82) is 0 Å². The second-order valence-corrected chi connectivity index (χ2v) is 14.8. The number of aliphatic imine (C=N–C) groups is 1. The second kappa shape index (κ2) is 9.06. The summed E-state index contributed by atoms with van der Waals surface area (Å²) >= 11 is 0. The normalized spacial score (nSPS) is 23.8. The van der Waals surface area contributed by atoms with Gasteiger partial charge < -0.3 is 20.0 Å². The lowest BCUT2D eigenvalue weighted by atomic mass is 10.1. The number of nitrogens with one attached hydrogen (secondary N) is 1. The molecule has 4 N–H and O–H groups in total. The van der Waals surface area contributed by atoms with Crippen molar-refractivity contribution in [3.05, 3.63) is 52.6 Å². The van der Waals surface area contributed by atoms with E-state index in [4.69, 9.17) is 19.9 Å². The Hall–Kier alpha value is -2.86. The minimum atomic E-state index is -2.29. The second-order valence-electron chi connectivity index (χ2n) is 10.0. The summed E-state index contributed by atoms with van der Waals surface area (Å²) in [5.41, 5.74) is 6.75. The van der Waals surface area contributed by atoms with Gasteiger partial charge >= 0.3 is 0 Å². The molecule has 34 heavy (non-hydrogen) atoms. The van der Waals surface area contributed by atoms with Crippen molar-refractivity contribution < 1.29 is 14.3 Å². The number of nitrogens with two attached hydrogens (primary N) is 1. The van der Waals surface area contributed by atoms with Crippen LogP contribution >= 0.6 is 0 Å². The van der Waals surface area contributed by atoms with Gasteiger partial charge in [-0.15, -0.1) is 0 Å². The molecule has 0 aliphatic carbocycles. The zero-order valence-electron chi connectivity index (χ0n) is 20.1. The molecule has 3 aromatic rings. The Morgan fingerprint density at radius 2 is 2.03 bits per heavy atom. The highest BCUT2D eigenvalue weighted by molar-refractivity contribution is 6.74. The van der Waals surface area contributed by atoms with Gasteiger partial charge in [0.15, 0.2) is 25.7 Å². The van der Waals surface area contributed by atoms with Crippen LogP contribution in [0, 0.1) is 0 Å².